The highest BCUT2D eigenvalue weighted by atomic mass is 32.2. The first-order valence-corrected chi connectivity index (χ1v) is 11.7. The highest BCUT2D eigenvalue weighted by Crippen LogP contribution is 2.38. The summed E-state index contributed by atoms with van der Waals surface area (Å²) in [5, 5.41) is 4.72. The number of hydrogen-bond acceptors (Lipinski definition) is 4. The SMILES string of the molecule is Cc1ccc(C)c(S(=O)(=O)N2CC[NH+](Cn3nc(C4CC4)n(C)c3=S)CC2)c1. The van der Waals surface area contributed by atoms with Crippen LogP contribution in [-0.4, -0.2) is 53.2 Å². The van der Waals surface area contributed by atoms with Gasteiger partial charge >= 0.3 is 0 Å². The van der Waals surface area contributed by atoms with E-state index in [2.05, 4.69) is 0 Å². The van der Waals surface area contributed by atoms with Gasteiger partial charge in [-0.2, -0.15) is 14.1 Å². The topological polar surface area (TPSA) is 64.6 Å². The Morgan fingerprint density at radius 3 is 2.54 bits per heavy atom. The predicted molar refractivity (Wildman–Crippen MR) is 109 cm³/mol. The van der Waals surface area contributed by atoms with Gasteiger partial charge in [0.2, 0.25) is 14.8 Å². The van der Waals surface area contributed by atoms with Crippen molar-refractivity contribution in [3.63, 3.8) is 0 Å². The van der Waals surface area contributed by atoms with Crippen molar-refractivity contribution in [1.29, 1.82) is 0 Å². The highest BCUT2D eigenvalue weighted by molar-refractivity contribution is 7.89. The van der Waals surface area contributed by atoms with Gasteiger partial charge in [0.25, 0.3) is 0 Å². The largest absolute Gasteiger partial charge is 0.314 e. The third-order valence-electron chi connectivity index (χ3n) is 5.78. The van der Waals surface area contributed by atoms with Crippen LogP contribution in [0.1, 0.15) is 35.7 Å². The molecule has 2 heterocycles. The maximum Gasteiger partial charge on any atom is 0.243 e. The molecule has 1 saturated carbocycles. The van der Waals surface area contributed by atoms with Crippen LogP contribution in [0.4, 0.5) is 0 Å². The molecule has 0 unspecified atom stereocenters. The van der Waals surface area contributed by atoms with E-state index in [9.17, 15) is 8.42 Å². The fourth-order valence-electron chi connectivity index (χ4n) is 3.84. The molecule has 2 aromatic rings. The monoisotopic (exact) mass is 422 g/mol. The van der Waals surface area contributed by atoms with Gasteiger partial charge < -0.3 is 9.47 Å². The van der Waals surface area contributed by atoms with Crippen LogP contribution in [0.5, 0.6) is 0 Å². The van der Waals surface area contributed by atoms with E-state index in [0.717, 1.165) is 34.8 Å². The maximum absolute atomic E-state index is 13.1. The Morgan fingerprint density at radius 2 is 1.89 bits per heavy atom. The van der Waals surface area contributed by atoms with Crippen molar-refractivity contribution in [2.45, 2.75) is 44.2 Å². The van der Waals surface area contributed by atoms with E-state index in [4.69, 9.17) is 17.3 Å². The number of aryl methyl sites for hydroxylation is 2. The van der Waals surface area contributed by atoms with Crippen molar-refractivity contribution in [3.05, 3.63) is 39.9 Å². The smallest absolute Gasteiger partial charge is 0.243 e. The lowest BCUT2D eigenvalue weighted by Crippen LogP contribution is -3.14. The second-order valence-electron chi connectivity index (χ2n) is 8.05. The van der Waals surface area contributed by atoms with E-state index in [1.165, 1.54) is 17.7 Å². The molecule has 2 aliphatic rings. The molecule has 7 nitrogen and oxygen atoms in total. The van der Waals surface area contributed by atoms with Crippen LogP contribution in [0.15, 0.2) is 23.1 Å². The summed E-state index contributed by atoms with van der Waals surface area (Å²) in [7, 11) is -1.46. The Labute approximate surface area is 171 Å². The number of nitrogens with one attached hydrogen (secondary N) is 1. The Hall–Kier alpha value is -1.55. The fourth-order valence-corrected chi connectivity index (χ4v) is 5.79. The summed E-state index contributed by atoms with van der Waals surface area (Å²) < 4.78 is 32.5. The normalized spacial score (nSPS) is 19.2. The summed E-state index contributed by atoms with van der Waals surface area (Å²) in [5.41, 5.74) is 1.76. The summed E-state index contributed by atoms with van der Waals surface area (Å²) in [4.78, 5) is 1.74. The molecule has 0 radical (unpaired) electrons. The van der Waals surface area contributed by atoms with E-state index in [1.807, 2.05) is 42.3 Å². The van der Waals surface area contributed by atoms with Gasteiger partial charge in [-0.1, -0.05) is 12.1 Å². The average molecular weight is 423 g/mol. The molecule has 2 fully saturated rings. The van der Waals surface area contributed by atoms with Gasteiger partial charge in [0.05, 0.1) is 31.1 Å². The first-order chi connectivity index (χ1) is 13.3. The Kier molecular flexibility index (Phi) is 5.20. The first-order valence-electron chi connectivity index (χ1n) is 9.82. The number of aromatic nitrogens is 3. The average Bonchev–Trinajstić information content (AvgIpc) is 3.47. The molecule has 1 aliphatic heterocycles. The highest BCUT2D eigenvalue weighted by Gasteiger charge is 2.33. The zero-order valence-corrected chi connectivity index (χ0v) is 18.3. The van der Waals surface area contributed by atoms with Gasteiger partial charge in [-0.3, -0.25) is 0 Å². The van der Waals surface area contributed by atoms with Crippen LogP contribution in [-0.2, 0) is 23.7 Å². The number of quaternary nitrogens is 1. The van der Waals surface area contributed by atoms with E-state index < -0.39 is 10.0 Å². The van der Waals surface area contributed by atoms with Crippen LogP contribution in [0, 0.1) is 18.6 Å². The Morgan fingerprint density at radius 1 is 1.21 bits per heavy atom. The minimum Gasteiger partial charge on any atom is -0.314 e. The molecule has 152 valence electrons. The van der Waals surface area contributed by atoms with Gasteiger partial charge in [0, 0.05) is 13.0 Å². The molecule has 1 N–H and O–H groups in total. The molecule has 1 aromatic carbocycles. The number of sulfonamides is 1. The molecule has 1 saturated heterocycles. The molecule has 28 heavy (non-hydrogen) atoms. The lowest BCUT2D eigenvalue weighted by atomic mass is 10.2. The molecule has 0 amide bonds. The Balaban J connectivity index is 1.44. The number of rotatable bonds is 5. The second-order valence-corrected chi connectivity index (χ2v) is 10.3. The molecule has 0 spiro atoms. The fraction of sp³-hybridized carbons (Fsp3) is 0.579. The molecule has 4 rings (SSSR count). The maximum atomic E-state index is 13.1. The van der Waals surface area contributed by atoms with Crippen molar-refractivity contribution in [2.24, 2.45) is 7.05 Å². The minimum absolute atomic E-state index is 0.428. The lowest BCUT2D eigenvalue weighted by molar-refractivity contribution is -0.926. The molecular formula is C19H28N5O2S2+. The van der Waals surface area contributed by atoms with Crippen LogP contribution >= 0.6 is 12.2 Å². The van der Waals surface area contributed by atoms with Gasteiger partial charge in [-0.25, -0.2) is 8.42 Å². The molecule has 0 bridgehead atoms. The van der Waals surface area contributed by atoms with Gasteiger partial charge in [-0.05, 0) is 56.1 Å². The predicted octanol–water partition coefficient (Wildman–Crippen LogP) is 0.992. The van der Waals surface area contributed by atoms with E-state index in [1.54, 1.807) is 10.4 Å². The zero-order valence-electron chi connectivity index (χ0n) is 16.7. The van der Waals surface area contributed by atoms with Crippen molar-refractivity contribution in [3.8, 4) is 0 Å². The van der Waals surface area contributed by atoms with Gasteiger partial charge in [0.15, 0.2) is 6.67 Å². The number of benzene rings is 1. The van der Waals surface area contributed by atoms with Crippen molar-refractivity contribution in [2.75, 3.05) is 26.2 Å². The molecule has 1 aliphatic carbocycles. The van der Waals surface area contributed by atoms with E-state index in [0.29, 0.717) is 30.6 Å². The van der Waals surface area contributed by atoms with Crippen LogP contribution in [0.3, 0.4) is 0 Å². The van der Waals surface area contributed by atoms with E-state index >= 15 is 0 Å². The molecule has 9 heteroatoms. The Bertz CT molecular complexity index is 1040. The third kappa shape index (κ3) is 3.68. The molecule has 0 atom stereocenters. The van der Waals surface area contributed by atoms with Crippen LogP contribution in [0.25, 0.3) is 0 Å². The van der Waals surface area contributed by atoms with Crippen molar-refractivity contribution < 1.29 is 13.3 Å². The number of hydrogen-bond donors (Lipinski definition) is 1. The summed E-state index contributed by atoms with van der Waals surface area (Å²) in [6.45, 7) is 7.00. The van der Waals surface area contributed by atoms with E-state index in [-0.39, 0.29) is 0 Å². The van der Waals surface area contributed by atoms with Crippen molar-refractivity contribution >= 4 is 22.2 Å². The minimum atomic E-state index is -3.45. The summed E-state index contributed by atoms with van der Waals surface area (Å²) in [6, 6.07) is 5.60. The van der Waals surface area contributed by atoms with Gasteiger partial charge in [0.1, 0.15) is 5.82 Å². The standard InChI is InChI=1S/C19H27N5O2S2/c1-14-4-5-15(2)17(12-14)28(25,26)23-10-8-22(9-11-23)13-24-19(27)21(3)18(20-24)16-6-7-16/h4-5,12,16H,6-11,13H2,1-3H3/p+1. The van der Waals surface area contributed by atoms with Crippen LogP contribution < -0.4 is 4.90 Å². The first kappa shape index (κ1) is 19.8. The van der Waals surface area contributed by atoms with Gasteiger partial charge in [-0.15, -0.1) is 0 Å². The number of nitrogens with zero attached hydrogens (tertiary/aromatic N) is 4. The quantitative estimate of drug-likeness (QED) is 0.730. The summed E-state index contributed by atoms with van der Waals surface area (Å²) in [6.07, 6.45) is 2.39. The molecular weight excluding hydrogens is 394 g/mol. The molecule has 1 aromatic heterocycles. The summed E-state index contributed by atoms with van der Waals surface area (Å²) >= 11 is 5.55. The lowest BCUT2D eigenvalue weighted by Gasteiger charge is -2.31. The van der Waals surface area contributed by atoms with Crippen LogP contribution in [0.2, 0.25) is 0 Å². The van der Waals surface area contributed by atoms with Crippen molar-refractivity contribution in [1.82, 2.24) is 18.7 Å². The summed E-state index contributed by atoms with van der Waals surface area (Å²) in [5.74, 6) is 1.64. The zero-order chi connectivity index (χ0) is 20.1. The third-order valence-corrected chi connectivity index (χ3v) is 8.31. The number of piperazine rings is 1. The second kappa shape index (κ2) is 7.37.